The molecule has 0 fully saturated rings. The summed E-state index contributed by atoms with van der Waals surface area (Å²) in [5.41, 5.74) is 1.88. The first-order valence-electron chi connectivity index (χ1n) is 5.14. The molecule has 0 radical (unpaired) electrons. The number of allylic oxidation sites excluding steroid dienone is 2. The first-order valence-corrected chi connectivity index (χ1v) is 5.14. The number of rotatable bonds is 2. The smallest absolute Gasteiger partial charge is 0.254 e. The molecule has 0 unspecified atom stereocenters. The molecule has 0 saturated heterocycles. The van der Waals surface area contributed by atoms with E-state index in [1.165, 1.54) is 0 Å². The second-order valence-corrected chi connectivity index (χ2v) is 3.84. The van der Waals surface area contributed by atoms with Crippen molar-refractivity contribution >= 4 is 0 Å². The van der Waals surface area contributed by atoms with E-state index in [2.05, 4.69) is 0 Å². The number of hydrogen-bond acceptors (Lipinski definition) is 3. The molecule has 0 N–H and O–H groups in total. The maximum Gasteiger partial charge on any atom is 0.254 e. The third-order valence-corrected chi connectivity index (χ3v) is 2.96. The Bertz CT molecular complexity index is 499. The number of pyridine rings is 1. The van der Waals surface area contributed by atoms with Gasteiger partial charge >= 0.3 is 0 Å². The molecule has 4 heteroatoms. The molecule has 4 nitrogen and oxygen atoms in total. The van der Waals surface area contributed by atoms with E-state index in [4.69, 9.17) is 9.47 Å². The molecule has 16 heavy (non-hydrogen) atoms. The standard InChI is InChI=1S/C12H15NO3/c1-13-5-4-8-6-10(15-2)11(16-3)7-9(8)12(13)14/h4-5H,6-7H2,1-3H3. The number of aryl methyl sites for hydroxylation is 1. The van der Waals surface area contributed by atoms with E-state index >= 15 is 0 Å². The molecule has 2 rings (SSSR count). The summed E-state index contributed by atoms with van der Waals surface area (Å²) in [5.74, 6) is 1.56. The van der Waals surface area contributed by atoms with E-state index < -0.39 is 0 Å². The minimum atomic E-state index is 0.0437. The highest BCUT2D eigenvalue weighted by atomic mass is 16.5. The van der Waals surface area contributed by atoms with E-state index in [1.807, 2.05) is 6.07 Å². The van der Waals surface area contributed by atoms with Gasteiger partial charge < -0.3 is 14.0 Å². The van der Waals surface area contributed by atoms with Gasteiger partial charge in [0.05, 0.1) is 14.2 Å². The van der Waals surface area contributed by atoms with Crippen molar-refractivity contribution in [1.82, 2.24) is 4.57 Å². The first-order chi connectivity index (χ1) is 7.67. The van der Waals surface area contributed by atoms with Crippen molar-refractivity contribution in [2.45, 2.75) is 12.8 Å². The highest BCUT2D eigenvalue weighted by Gasteiger charge is 2.22. The minimum Gasteiger partial charge on any atom is -0.497 e. The fourth-order valence-electron chi connectivity index (χ4n) is 1.98. The Morgan fingerprint density at radius 2 is 1.81 bits per heavy atom. The van der Waals surface area contributed by atoms with Crippen LogP contribution in [-0.4, -0.2) is 18.8 Å². The molecule has 0 aromatic carbocycles. The van der Waals surface area contributed by atoms with Crippen LogP contribution in [0.3, 0.4) is 0 Å². The number of fused-ring (bicyclic) bond motifs is 1. The Morgan fingerprint density at radius 1 is 1.19 bits per heavy atom. The van der Waals surface area contributed by atoms with Gasteiger partial charge in [-0.25, -0.2) is 0 Å². The largest absolute Gasteiger partial charge is 0.497 e. The third kappa shape index (κ3) is 1.60. The van der Waals surface area contributed by atoms with E-state index in [1.54, 1.807) is 32.0 Å². The first kappa shape index (κ1) is 10.8. The Kier molecular flexibility index (Phi) is 2.73. The zero-order chi connectivity index (χ0) is 11.7. The maximum absolute atomic E-state index is 11.9. The Morgan fingerprint density at radius 3 is 2.44 bits per heavy atom. The molecule has 0 atom stereocenters. The van der Waals surface area contributed by atoms with Crippen molar-refractivity contribution in [3.63, 3.8) is 0 Å². The number of aromatic nitrogens is 1. The number of hydrogen-bond donors (Lipinski definition) is 0. The van der Waals surface area contributed by atoms with Gasteiger partial charge in [0.25, 0.3) is 5.56 Å². The van der Waals surface area contributed by atoms with Gasteiger partial charge in [-0.05, 0) is 11.6 Å². The molecule has 1 aromatic rings. The van der Waals surface area contributed by atoms with E-state index in [0.29, 0.717) is 12.8 Å². The van der Waals surface area contributed by atoms with Gasteiger partial charge in [-0.1, -0.05) is 0 Å². The monoisotopic (exact) mass is 221 g/mol. The molecule has 0 amide bonds. The van der Waals surface area contributed by atoms with Crippen LogP contribution in [0.1, 0.15) is 11.1 Å². The van der Waals surface area contributed by atoms with Crippen LogP contribution in [0.15, 0.2) is 28.6 Å². The molecule has 1 aromatic heterocycles. The summed E-state index contributed by atoms with van der Waals surface area (Å²) >= 11 is 0. The summed E-state index contributed by atoms with van der Waals surface area (Å²) in [6, 6.07) is 1.96. The van der Waals surface area contributed by atoms with Crippen LogP contribution in [0.2, 0.25) is 0 Å². The molecule has 1 aliphatic carbocycles. The molecule has 0 spiro atoms. The molecule has 86 valence electrons. The normalized spacial score (nSPS) is 14.7. The van der Waals surface area contributed by atoms with Gasteiger partial charge in [0.1, 0.15) is 11.5 Å². The molecule has 1 heterocycles. The van der Waals surface area contributed by atoms with E-state index in [0.717, 1.165) is 22.6 Å². The lowest BCUT2D eigenvalue weighted by atomic mass is 9.96. The highest BCUT2D eigenvalue weighted by molar-refractivity contribution is 5.35. The van der Waals surface area contributed by atoms with Crippen molar-refractivity contribution in [2.24, 2.45) is 7.05 Å². The molecule has 0 bridgehead atoms. The van der Waals surface area contributed by atoms with Crippen LogP contribution < -0.4 is 5.56 Å². The summed E-state index contributed by atoms with van der Waals surface area (Å²) in [7, 11) is 4.98. The number of methoxy groups -OCH3 is 2. The van der Waals surface area contributed by atoms with Gasteiger partial charge in [-0.3, -0.25) is 4.79 Å². The van der Waals surface area contributed by atoms with Crippen molar-refractivity contribution in [2.75, 3.05) is 14.2 Å². The fraction of sp³-hybridized carbons (Fsp3) is 0.417. The second-order valence-electron chi connectivity index (χ2n) is 3.84. The van der Waals surface area contributed by atoms with Gasteiger partial charge in [0.2, 0.25) is 0 Å². The Balaban J connectivity index is 2.50. The Labute approximate surface area is 94.1 Å². The molecule has 1 aliphatic rings. The predicted octanol–water partition coefficient (Wildman–Crippen LogP) is 0.988. The summed E-state index contributed by atoms with van der Waals surface area (Å²) in [6.45, 7) is 0. The fourth-order valence-corrected chi connectivity index (χ4v) is 1.98. The maximum atomic E-state index is 11.9. The summed E-state index contributed by atoms with van der Waals surface area (Å²) in [5, 5.41) is 0. The van der Waals surface area contributed by atoms with Crippen molar-refractivity contribution in [3.8, 4) is 0 Å². The average molecular weight is 221 g/mol. The molecular weight excluding hydrogens is 206 g/mol. The quantitative estimate of drug-likeness (QED) is 0.747. The summed E-state index contributed by atoms with van der Waals surface area (Å²) in [4.78, 5) is 11.9. The van der Waals surface area contributed by atoms with Gasteiger partial charge in [-0.15, -0.1) is 0 Å². The van der Waals surface area contributed by atoms with E-state index in [9.17, 15) is 4.79 Å². The van der Waals surface area contributed by atoms with Crippen molar-refractivity contribution in [1.29, 1.82) is 0 Å². The zero-order valence-electron chi connectivity index (χ0n) is 9.74. The topological polar surface area (TPSA) is 40.5 Å². The molecular formula is C12H15NO3. The van der Waals surface area contributed by atoms with E-state index in [-0.39, 0.29) is 5.56 Å². The molecule has 0 saturated carbocycles. The summed E-state index contributed by atoms with van der Waals surface area (Å²) in [6.07, 6.45) is 2.93. The molecule has 0 aliphatic heterocycles. The third-order valence-electron chi connectivity index (χ3n) is 2.96. The Hall–Kier alpha value is -1.71. The van der Waals surface area contributed by atoms with Crippen molar-refractivity contribution < 1.29 is 9.47 Å². The lowest BCUT2D eigenvalue weighted by Gasteiger charge is -2.20. The van der Waals surface area contributed by atoms with Crippen LogP contribution in [-0.2, 0) is 29.4 Å². The van der Waals surface area contributed by atoms with Crippen molar-refractivity contribution in [3.05, 3.63) is 45.3 Å². The van der Waals surface area contributed by atoms with Crippen LogP contribution in [0.5, 0.6) is 0 Å². The van der Waals surface area contributed by atoms with Crippen LogP contribution >= 0.6 is 0 Å². The van der Waals surface area contributed by atoms with Crippen LogP contribution in [0.25, 0.3) is 0 Å². The number of ether oxygens (including phenoxy) is 2. The minimum absolute atomic E-state index is 0.0437. The zero-order valence-corrected chi connectivity index (χ0v) is 9.74. The highest BCUT2D eigenvalue weighted by Crippen LogP contribution is 2.24. The van der Waals surface area contributed by atoms with Gasteiger partial charge in [0, 0.05) is 31.6 Å². The summed E-state index contributed by atoms with van der Waals surface area (Å²) < 4.78 is 12.1. The van der Waals surface area contributed by atoms with Crippen LogP contribution in [0, 0.1) is 0 Å². The second kappa shape index (κ2) is 4.04. The predicted molar refractivity (Wildman–Crippen MR) is 60.1 cm³/mol. The van der Waals surface area contributed by atoms with Gasteiger partial charge in [0.15, 0.2) is 0 Å². The SMILES string of the molecule is COC1=C(OC)Cc2c(ccn(C)c2=O)C1. The average Bonchev–Trinajstić information content (AvgIpc) is 2.32. The van der Waals surface area contributed by atoms with Gasteiger partial charge in [-0.2, -0.15) is 0 Å². The lowest BCUT2D eigenvalue weighted by molar-refractivity contribution is 0.206. The van der Waals surface area contributed by atoms with Crippen LogP contribution in [0.4, 0.5) is 0 Å². The number of nitrogens with zero attached hydrogens (tertiary/aromatic N) is 1. The lowest BCUT2D eigenvalue weighted by Crippen LogP contribution is -2.26.